The third-order valence-corrected chi connectivity index (χ3v) is 1.76. The Labute approximate surface area is 98.0 Å². The first kappa shape index (κ1) is 14.1. The topological polar surface area (TPSA) is 58.8 Å². The highest BCUT2D eigenvalue weighted by Crippen LogP contribution is 2.35. The van der Waals surface area contributed by atoms with E-state index in [2.05, 4.69) is 14.7 Å². The van der Waals surface area contributed by atoms with Crippen LogP contribution < -0.4 is 4.74 Å². The van der Waals surface area contributed by atoms with Crippen LogP contribution >= 0.6 is 0 Å². The number of nitrogens with zero attached hydrogens (tertiary/aromatic N) is 3. The molecule has 0 saturated heterocycles. The molecule has 1 rings (SSSR count). The Morgan fingerprint density at radius 3 is 2.28 bits per heavy atom. The third-order valence-electron chi connectivity index (χ3n) is 1.76. The Morgan fingerprint density at radius 1 is 1.17 bits per heavy atom. The highest BCUT2D eigenvalue weighted by atomic mass is 19.4. The molecule has 1 heterocycles. The van der Waals surface area contributed by atoms with E-state index < -0.39 is 24.6 Å². The maximum absolute atomic E-state index is 12.5. The van der Waals surface area contributed by atoms with Gasteiger partial charge in [-0.15, -0.1) is 0 Å². The molecular weight excluding hydrogens is 261 g/mol. The number of nitriles is 1. The molecule has 0 amide bonds. The molecule has 1 aromatic rings. The van der Waals surface area contributed by atoms with Crippen molar-refractivity contribution in [3.63, 3.8) is 0 Å². The number of hydrogen-bond donors (Lipinski definition) is 0. The van der Waals surface area contributed by atoms with Crippen molar-refractivity contribution in [1.82, 2.24) is 9.97 Å². The van der Waals surface area contributed by atoms with Gasteiger partial charge < -0.3 is 4.74 Å². The van der Waals surface area contributed by atoms with Crippen molar-refractivity contribution in [2.45, 2.75) is 18.5 Å². The van der Waals surface area contributed by atoms with Crippen LogP contribution in [0, 0.1) is 11.3 Å². The summed E-state index contributed by atoms with van der Waals surface area (Å²) in [5, 5.41) is 8.32. The minimum absolute atomic E-state index is 0.0496. The van der Waals surface area contributed by atoms with Crippen LogP contribution in [0.1, 0.15) is 5.69 Å². The van der Waals surface area contributed by atoms with Gasteiger partial charge in [-0.1, -0.05) is 0 Å². The highest BCUT2D eigenvalue weighted by molar-refractivity contribution is 5.10. The molecule has 0 atom stereocenters. The molecule has 0 spiro atoms. The number of aromatic nitrogens is 2. The zero-order valence-electron chi connectivity index (χ0n) is 8.71. The molecular formula is C9H6F5N3O. The molecule has 98 valence electrons. The molecule has 0 radical (unpaired) electrons. The second-order valence-corrected chi connectivity index (χ2v) is 3.17. The van der Waals surface area contributed by atoms with Crippen LogP contribution in [0.2, 0.25) is 0 Å². The van der Waals surface area contributed by atoms with Crippen LogP contribution in [-0.4, -0.2) is 28.7 Å². The van der Waals surface area contributed by atoms with Gasteiger partial charge in [0.15, 0.2) is 6.61 Å². The Balaban J connectivity index is 2.62. The van der Waals surface area contributed by atoms with Crippen molar-refractivity contribution in [1.29, 1.82) is 5.26 Å². The lowest BCUT2D eigenvalue weighted by Crippen LogP contribution is -2.41. The molecule has 0 aliphatic heterocycles. The van der Waals surface area contributed by atoms with E-state index in [-0.39, 0.29) is 12.1 Å². The number of hydrogen-bond acceptors (Lipinski definition) is 4. The molecule has 0 N–H and O–H groups in total. The van der Waals surface area contributed by atoms with Crippen molar-refractivity contribution in [3.05, 3.63) is 18.1 Å². The van der Waals surface area contributed by atoms with E-state index in [1.165, 1.54) is 0 Å². The van der Waals surface area contributed by atoms with Gasteiger partial charge in [0.2, 0.25) is 5.88 Å². The van der Waals surface area contributed by atoms with Crippen LogP contribution in [0.4, 0.5) is 22.0 Å². The summed E-state index contributed by atoms with van der Waals surface area (Å²) in [4.78, 5) is 7.04. The summed E-state index contributed by atoms with van der Waals surface area (Å²) in [7, 11) is 0. The van der Waals surface area contributed by atoms with Crippen molar-refractivity contribution in [2.24, 2.45) is 0 Å². The fourth-order valence-corrected chi connectivity index (χ4v) is 0.836. The van der Waals surface area contributed by atoms with Crippen LogP contribution in [0.25, 0.3) is 0 Å². The molecule has 9 heteroatoms. The van der Waals surface area contributed by atoms with Gasteiger partial charge in [-0.05, 0) is 0 Å². The zero-order valence-corrected chi connectivity index (χ0v) is 8.71. The van der Waals surface area contributed by atoms with Crippen LogP contribution in [0.15, 0.2) is 12.4 Å². The molecule has 0 bridgehead atoms. The summed E-state index contributed by atoms with van der Waals surface area (Å²) >= 11 is 0. The smallest absolute Gasteiger partial charge is 0.456 e. The van der Waals surface area contributed by atoms with Gasteiger partial charge in [0, 0.05) is 0 Å². The lowest BCUT2D eigenvalue weighted by atomic mass is 10.3. The maximum atomic E-state index is 12.5. The summed E-state index contributed by atoms with van der Waals surface area (Å²) in [6.45, 7) is -1.87. The van der Waals surface area contributed by atoms with E-state index in [4.69, 9.17) is 5.26 Å². The molecule has 4 nitrogen and oxygen atoms in total. The van der Waals surface area contributed by atoms with E-state index in [1.807, 2.05) is 0 Å². The van der Waals surface area contributed by atoms with E-state index in [9.17, 15) is 22.0 Å². The van der Waals surface area contributed by atoms with Gasteiger partial charge in [-0.25, -0.2) is 4.98 Å². The fourth-order valence-electron chi connectivity index (χ4n) is 0.836. The van der Waals surface area contributed by atoms with Gasteiger partial charge in [0.05, 0.1) is 30.6 Å². The quantitative estimate of drug-likeness (QED) is 0.784. The van der Waals surface area contributed by atoms with E-state index in [0.29, 0.717) is 0 Å². The van der Waals surface area contributed by atoms with Crippen LogP contribution in [0.3, 0.4) is 0 Å². The summed E-state index contributed by atoms with van der Waals surface area (Å²) in [5.74, 6) is -5.43. The maximum Gasteiger partial charge on any atom is 0.456 e. The first-order valence-corrected chi connectivity index (χ1v) is 4.51. The largest absolute Gasteiger partial charge is 0.470 e. The predicted octanol–water partition coefficient (Wildman–Crippen LogP) is 2.12. The Kier molecular flexibility index (Phi) is 4.00. The van der Waals surface area contributed by atoms with Gasteiger partial charge in [-0.2, -0.15) is 27.2 Å². The van der Waals surface area contributed by atoms with E-state index in [0.717, 1.165) is 12.4 Å². The molecule has 18 heavy (non-hydrogen) atoms. The minimum Gasteiger partial charge on any atom is -0.470 e. The molecule has 0 aliphatic rings. The van der Waals surface area contributed by atoms with Gasteiger partial charge in [0.25, 0.3) is 0 Å². The van der Waals surface area contributed by atoms with Crippen molar-refractivity contribution in [2.75, 3.05) is 6.61 Å². The average Bonchev–Trinajstić information content (AvgIpc) is 2.27. The first-order valence-electron chi connectivity index (χ1n) is 4.51. The number of ether oxygens (including phenoxy) is 1. The Bertz CT molecular complexity index is 437. The number of rotatable bonds is 4. The molecule has 0 aliphatic carbocycles. The predicted molar refractivity (Wildman–Crippen MR) is 47.8 cm³/mol. The Hall–Kier alpha value is -1.98. The van der Waals surface area contributed by atoms with Gasteiger partial charge >= 0.3 is 12.1 Å². The lowest BCUT2D eigenvalue weighted by Gasteiger charge is -2.19. The zero-order chi connectivity index (χ0) is 13.8. The molecule has 0 unspecified atom stereocenters. The van der Waals surface area contributed by atoms with Crippen LogP contribution in [0.5, 0.6) is 5.88 Å². The fraction of sp³-hybridized carbons (Fsp3) is 0.444. The summed E-state index contributed by atoms with van der Waals surface area (Å²) in [5.41, 5.74) is 0.257. The average molecular weight is 267 g/mol. The SMILES string of the molecule is N#CCc1cnc(OCC(F)(F)C(F)(F)F)cn1. The second kappa shape index (κ2) is 5.12. The lowest BCUT2D eigenvalue weighted by molar-refractivity contribution is -0.290. The molecule has 0 fully saturated rings. The second-order valence-electron chi connectivity index (χ2n) is 3.17. The van der Waals surface area contributed by atoms with E-state index >= 15 is 0 Å². The minimum atomic E-state index is -5.68. The number of halogens is 5. The van der Waals surface area contributed by atoms with Gasteiger partial charge in [-0.3, -0.25) is 4.98 Å². The standard InChI is InChI=1S/C9H6F5N3O/c10-8(11,9(12,13)14)5-18-7-4-16-6(1-2-15)3-17-7/h3-4H,1,5H2. The van der Waals surface area contributed by atoms with Crippen molar-refractivity contribution < 1.29 is 26.7 Å². The summed E-state index contributed by atoms with van der Waals surface area (Å²) in [6.07, 6.45) is -3.80. The molecule has 0 saturated carbocycles. The monoisotopic (exact) mass is 267 g/mol. The normalized spacial score (nSPS) is 12.0. The van der Waals surface area contributed by atoms with Crippen LogP contribution in [-0.2, 0) is 6.42 Å². The molecule has 0 aromatic carbocycles. The molecule has 1 aromatic heterocycles. The number of alkyl halides is 5. The first-order chi connectivity index (χ1) is 8.26. The van der Waals surface area contributed by atoms with Crippen molar-refractivity contribution in [3.8, 4) is 11.9 Å². The third kappa shape index (κ3) is 3.51. The highest BCUT2D eigenvalue weighted by Gasteiger charge is 2.58. The van der Waals surface area contributed by atoms with Crippen molar-refractivity contribution >= 4 is 0 Å². The summed E-state index contributed by atoms with van der Waals surface area (Å²) in [6, 6.07) is 1.77. The summed E-state index contributed by atoms with van der Waals surface area (Å²) < 4.78 is 64.5. The van der Waals surface area contributed by atoms with Gasteiger partial charge in [0.1, 0.15) is 0 Å². The Morgan fingerprint density at radius 2 is 1.83 bits per heavy atom. The van der Waals surface area contributed by atoms with E-state index in [1.54, 1.807) is 6.07 Å².